The van der Waals surface area contributed by atoms with Crippen LogP contribution in [0.5, 0.6) is 0 Å². The molecule has 5 fully saturated rings. The molecule has 0 spiro atoms. The zero-order chi connectivity index (χ0) is 53.4. The van der Waals surface area contributed by atoms with E-state index in [1.165, 1.54) is 34.6 Å². The SMILES string of the molecule is CCC1OC(O)(C(C)(O)C(=O)NC2C(=O)N3C(CCCN3C(C)=O)C(=O)N(O)CC(=O)N3C(CCCN3C(C)=O)C(=O)N3CCC(C)(O)C3C(=O)N(O)C(C(C)C)C(=O)OC2C(C)C)CCC1CC(C)C. The fourth-order valence-electron chi connectivity index (χ4n) is 10.8. The molecule has 71 heavy (non-hydrogen) atoms. The number of rotatable bonds is 8. The quantitative estimate of drug-likeness (QED) is 0.138. The molecule has 8 amide bonds. The summed E-state index contributed by atoms with van der Waals surface area (Å²) in [5, 5.41) is 64.8. The van der Waals surface area contributed by atoms with Gasteiger partial charge in [-0.1, -0.05) is 48.5 Å². The summed E-state index contributed by atoms with van der Waals surface area (Å²) in [7, 11) is 0. The molecular formula is C47H76N8O16. The van der Waals surface area contributed by atoms with Crippen molar-refractivity contribution in [3.63, 3.8) is 0 Å². The van der Waals surface area contributed by atoms with Gasteiger partial charge in [-0.15, -0.1) is 0 Å². The van der Waals surface area contributed by atoms with Crippen molar-refractivity contribution in [3.8, 4) is 0 Å². The van der Waals surface area contributed by atoms with Crippen molar-refractivity contribution in [2.24, 2.45) is 23.7 Å². The average molecular weight is 1010 g/mol. The van der Waals surface area contributed by atoms with Crippen molar-refractivity contribution in [1.29, 1.82) is 0 Å². The molecule has 5 aliphatic rings. The van der Waals surface area contributed by atoms with Crippen molar-refractivity contribution in [2.75, 3.05) is 26.2 Å². The number of hydrogen-bond acceptors (Lipinski definition) is 16. The van der Waals surface area contributed by atoms with E-state index < -0.39 is 131 Å². The van der Waals surface area contributed by atoms with Crippen LogP contribution < -0.4 is 5.32 Å². The lowest BCUT2D eigenvalue weighted by molar-refractivity contribution is -0.329. The molecule has 0 aromatic rings. The van der Waals surface area contributed by atoms with E-state index in [9.17, 15) is 64.1 Å². The molecule has 0 bridgehead atoms. The highest BCUT2D eigenvalue weighted by atomic mass is 16.7. The van der Waals surface area contributed by atoms with Gasteiger partial charge in [-0.05, 0) is 88.9 Å². The molecule has 5 aliphatic heterocycles. The molecule has 11 atom stereocenters. The molecule has 400 valence electrons. The molecule has 0 aromatic carbocycles. The number of hydrazine groups is 2. The number of esters is 1. The van der Waals surface area contributed by atoms with Crippen LogP contribution in [0.2, 0.25) is 0 Å². The van der Waals surface area contributed by atoms with Crippen LogP contribution in [0, 0.1) is 23.7 Å². The van der Waals surface area contributed by atoms with Crippen LogP contribution >= 0.6 is 0 Å². The first kappa shape index (κ1) is 56.9. The Bertz CT molecular complexity index is 2070. The molecule has 11 unspecified atom stereocenters. The zero-order valence-electron chi connectivity index (χ0n) is 42.9. The summed E-state index contributed by atoms with van der Waals surface area (Å²) in [5.74, 6) is -14.6. The van der Waals surface area contributed by atoms with E-state index in [1.807, 2.05) is 20.8 Å². The van der Waals surface area contributed by atoms with E-state index in [4.69, 9.17) is 9.47 Å². The van der Waals surface area contributed by atoms with Crippen molar-refractivity contribution in [2.45, 2.75) is 193 Å². The van der Waals surface area contributed by atoms with Crippen molar-refractivity contribution < 1.29 is 78.4 Å². The minimum absolute atomic E-state index is 0.0161. The lowest BCUT2D eigenvalue weighted by Crippen LogP contribution is -2.71. The second kappa shape index (κ2) is 22.0. The molecule has 0 aromatic heterocycles. The zero-order valence-corrected chi connectivity index (χ0v) is 42.9. The predicted molar refractivity (Wildman–Crippen MR) is 246 cm³/mol. The second-order valence-electron chi connectivity index (χ2n) is 21.3. The van der Waals surface area contributed by atoms with Gasteiger partial charge in [0.2, 0.25) is 23.5 Å². The number of amides is 8. The summed E-state index contributed by atoms with van der Waals surface area (Å²) in [6.07, 6.45) is -1.48. The molecule has 5 saturated heterocycles. The summed E-state index contributed by atoms with van der Waals surface area (Å²) < 4.78 is 12.2. The first-order valence-corrected chi connectivity index (χ1v) is 24.8. The van der Waals surface area contributed by atoms with Gasteiger partial charge in [0.15, 0.2) is 11.6 Å². The number of hydroxylamine groups is 4. The maximum atomic E-state index is 15.5. The Hall–Kier alpha value is -5.01. The number of ether oxygens (including phenoxy) is 2. The third kappa shape index (κ3) is 11.3. The second-order valence-corrected chi connectivity index (χ2v) is 21.3. The largest absolute Gasteiger partial charge is 0.458 e. The van der Waals surface area contributed by atoms with Crippen LogP contribution in [0.15, 0.2) is 0 Å². The van der Waals surface area contributed by atoms with Crippen LogP contribution in [0.25, 0.3) is 0 Å². The van der Waals surface area contributed by atoms with Crippen molar-refractivity contribution >= 4 is 53.2 Å². The molecule has 0 radical (unpaired) electrons. The number of carbonyl (C=O) groups is 9. The molecule has 6 N–H and O–H groups in total. The molecule has 5 heterocycles. The van der Waals surface area contributed by atoms with Crippen molar-refractivity contribution in [1.82, 2.24) is 40.4 Å². The molecule has 24 heteroatoms. The Kier molecular flexibility index (Phi) is 17.6. The average Bonchev–Trinajstić information content (AvgIpc) is 3.62. The van der Waals surface area contributed by atoms with Gasteiger partial charge in [0.05, 0.1) is 11.7 Å². The van der Waals surface area contributed by atoms with E-state index in [1.54, 1.807) is 0 Å². The molecule has 0 saturated carbocycles. The normalized spacial score (nSPS) is 33.1. The van der Waals surface area contributed by atoms with Crippen LogP contribution in [0.3, 0.4) is 0 Å². The van der Waals surface area contributed by atoms with E-state index in [2.05, 4.69) is 5.32 Å². The number of nitrogens with one attached hydrogen (secondary N) is 1. The van der Waals surface area contributed by atoms with E-state index in [0.717, 1.165) is 47.1 Å². The Morgan fingerprint density at radius 3 is 1.87 bits per heavy atom. The Morgan fingerprint density at radius 2 is 1.35 bits per heavy atom. The van der Waals surface area contributed by atoms with Crippen LogP contribution in [-0.2, 0) is 52.6 Å². The van der Waals surface area contributed by atoms with Gasteiger partial charge in [-0.3, -0.25) is 58.8 Å². The molecule has 0 aliphatic carbocycles. The van der Waals surface area contributed by atoms with Gasteiger partial charge >= 0.3 is 5.97 Å². The van der Waals surface area contributed by atoms with Gasteiger partial charge in [0.1, 0.15) is 36.8 Å². The number of hydrogen-bond donors (Lipinski definition) is 6. The van der Waals surface area contributed by atoms with Crippen LogP contribution in [0.4, 0.5) is 0 Å². The highest BCUT2D eigenvalue weighted by Crippen LogP contribution is 2.42. The van der Waals surface area contributed by atoms with Gasteiger partial charge in [0.25, 0.3) is 29.5 Å². The summed E-state index contributed by atoms with van der Waals surface area (Å²) >= 11 is 0. The third-order valence-electron chi connectivity index (χ3n) is 14.7. The standard InChI is InChI=1S/C47H76N8O16/c1-12-33-30(23-25(2)3)17-18-47(67,71-33)46(11,66)44(64)48-35-37(27(6)7)70-43(63)36(26(4)5)55(69)42(62)38-45(10,65)19-22-49(38)39(59)31-15-13-20-50(28(8)56)53(31)34(58)24-52(68)40(60)32-16-14-21-51(29(9)57)54(32)41(35)61/h25-27,30-33,35-38,65-69H,12-24H2,1-11H3,(H,48,64). The maximum absolute atomic E-state index is 15.5. The van der Waals surface area contributed by atoms with Gasteiger partial charge in [-0.25, -0.2) is 24.9 Å². The number of cyclic esters (lactones) is 1. The third-order valence-corrected chi connectivity index (χ3v) is 14.7. The summed E-state index contributed by atoms with van der Waals surface area (Å²) in [6.45, 7) is 14.4. The first-order chi connectivity index (χ1) is 32.9. The summed E-state index contributed by atoms with van der Waals surface area (Å²) in [6, 6.07) is -9.33. The smallest absolute Gasteiger partial charge is 0.332 e. The first-order valence-electron chi connectivity index (χ1n) is 24.8. The Labute approximate surface area is 414 Å². The summed E-state index contributed by atoms with van der Waals surface area (Å²) in [5.41, 5.74) is -4.88. The minimum atomic E-state index is -2.84. The number of nitrogens with zero attached hydrogens (tertiary/aromatic N) is 7. The monoisotopic (exact) mass is 1010 g/mol. The van der Waals surface area contributed by atoms with Gasteiger partial charge in [-0.2, -0.15) is 0 Å². The number of aliphatic hydroxyl groups is 3. The lowest BCUT2D eigenvalue weighted by Gasteiger charge is -2.49. The fourth-order valence-corrected chi connectivity index (χ4v) is 10.8. The lowest BCUT2D eigenvalue weighted by atomic mass is 9.78. The van der Waals surface area contributed by atoms with E-state index in [0.29, 0.717) is 17.9 Å². The number of fused-ring (bicyclic) bond motifs is 3. The Morgan fingerprint density at radius 1 is 0.789 bits per heavy atom. The van der Waals surface area contributed by atoms with E-state index >= 15 is 4.79 Å². The number of carbonyl (C=O) groups excluding carboxylic acids is 9. The van der Waals surface area contributed by atoms with Gasteiger partial charge in [0, 0.05) is 39.9 Å². The summed E-state index contributed by atoms with van der Waals surface area (Å²) in [4.78, 5) is 130. The van der Waals surface area contributed by atoms with Crippen LogP contribution in [-0.4, -0.2) is 200 Å². The molecular weight excluding hydrogens is 933 g/mol. The highest BCUT2D eigenvalue weighted by Gasteiger charge is 2.59. The predicted octanol–water partition coefficient (Wildman–Crippen LogP) is 0.0646. The fraction of sp³-hybridized carbons (Fsp3) is 0.809. The molecule has 24 nitrogen and oxygen atoms in total. The highest BCUT2D eigenvalue weighted by molar-refractivity contribution is 5.98. The van der Waals surface area contributed by atoms with Crippen LogP contribution in [0.1, 0.15) is 134 Å². The molecule has 5 rings (SSSR count). The topological polar surface area (TPSA) is 308 Å². The van der Waals surface area contributed by atoms with Gasteiger partial charge < -0.3 is 35.0 Å². The minimum Gasteiger partial charge on any atom is -0.458 e. The van der Waals surface area contributed by atoms with Crippen molar-refractivity contribution in [3.05, 3.63) is 0 Å². The Balaban J connectivity index is 1.70. The maximum Gasteiger partial charge on any atom is 0.332 e. The van der Waals surface area contributed by atoms with E-state index in [-0.39, 0.29) is 80.1 Å².